The summed E-state index contributed by atoms with van der Waals surface area (Å²) in [4.78, 5) is 5.47. The highest BCUT2D eigenvalue weighted by molar-refractivity contribution is 7.15. The van der Waals surface area contributed by atoms with Crippen LogP contribution < -0.4 is 5.32 Å². The van der Waals surface area contributed by atoms with Crippen molar-refractivity contribution in [3.05, 3.63) is 21.1 Å². The maximum atomic E-state index is 4.22. The Labute approximate surface area is 109 Å². The molecular formula is C11H16N4S2. The van der Waals surface area contributed by atoms with E-state index >= 15 is 0 Å². The van der Waals surface area contributed by atoms with E-state index in [1.807, 2.05) is 12.4 Å². The number of hydrogen-bond donors (Lipinski definition) is 1. The van der Waals surface area contributed by atoms with Crippen LogP contribution in [0.3, 0.4) is 0 Å². The summed E-state index contributed by atoms with van der Waals surface area (Å²) in [7, 11) is 0. The fourth-order valence-corrected chi connectivity index (χ4v) is 3.07. The molecule has 0 spiro atoms. The summed E-state index contributed by atoms with van der Waals surface area (Å²) in [5.41, 5.74) is 2.96. The van der Waals surface area contributed by atoms with E-state index in [4.69, 9.17) is 0 Å². The highest BCUT2D eigenvalue weighted by atomic mass is 32.1. The third-order valence-corrected chi connectivity index (χ3v) is 4.13. The minimum absolute atomic E-state index is 0.625. The Morgan fingerprint density at radius 3 is 2.82 bits per heavy atom. The Balaban J connectivity index is 1.91. The smallest absolute Gasteiger partial charge is 0.205 e. The molecule has 0 fully saturated rings. The molecule has 2 aromatic heterocycles. The van der Waals surface area contributed by atoms with E-state index in [-0.39, 0.29) is 0 Å². The summed E-state index contributed by atoms with van der Waals surface area (Å²) in [5.74, 6) is 0.625. The molecule has 2 heterocycles. The molecule has 2 rings (SSSR count). The lowest BCUT2D eigenvalue weighted by Crippen LogP contribution is -1.98. The molecule has 4 nitrogen and oxygen atoms in total. The van der Waals surface area contributed by atoms with Crippen molar-refractivity contribution in [1.82, 2.24) is 15.2 Å². The number of nitrogens with zero attached hydrogens (tertiary/aromatic N) is 3. The predicted octanol–water partition coefficient (Wildman–Crippen LogP) is 3.11. The molecule has 6 heteroatoms. The van der Waals surface area contributed by atoms with Gasteiger partial charge in [-0.25, -0.2) is 4.98 Å². The summed E-state index contributed by atoms with van der Waals surface area (Å²) in [6.45, 7) is 7.19. The van der Waals surface area contributed by atoms with Gasteiger partial charge in [-0.1, -0.05) is 25.2 Å². The Morgan fingerprint density at radius 1 is 1.35 bits per heavy atom. The molecule has 0 saturated carbocycles. The molecule has 2 aromatic rings. The van der Waals surface area contributed by atoms with Crippen LogP contribution in [-0.2, 0) is 13.0 Å². The van der Waals surface area contributed by atoms with Gasteiger partial charge in [-0.3, -0.25) is 0 Å². The Morgan fingerprint density at radius 2 is 2.18 bits per heavy atom. The number of hydrogen-bond acceptors (Lipinski definition) is 6. The third kappa shape index (κ3) is 3.47. The lowest BCUT2D eigenvalue weighted by Gasteiger charge is -1.99. The van der Waals surface area contributed by atoms with E-state index in [2.05, 4.69) is 34.3 Å². The first-order valence-electron chi connectivity index (χ1n) is 5.60. The molecule has 0 aliphatic heterocycles. The number of thiazole rings is 1. The van der Waals surface area contributed by atoms with Crippen molar-refractivity contribution < 1.29 is 0 Å². The van der Waals surface area contributed by atoms with Crippen molar-refractivity contribution in [2.75, 3.05) is 5.32 Å². The van der Waals surface area contributed by atoms with Gasteiger partial charge in [0.2, 0.25) is 5.13 Å². The monoisotopic (exact) mass is 268 g/mol. The minimum Gasteiger partial charge on any atom is -0.355 e. The fourth-order valence-electron chi connectivity index (χ4n) is 1.41. The van der Waals surface area contributed by atoms with E-state index < -0.39 is 0 Å². The molecule has 0 aliphatic carbocycles. The molecule has 0 unspecified atom stereocenters. The van der Waals surface area contributed by atoms with E-state index in [1.165, 1.54) is 4.88 Å². The summed E-state index contributed by atoms with van der Waals surface area (Å²) >= 11 is 3.31. The Bertz CT molecular complexity index is 475. The van der Waals surface area contributed by atoms with Gasteiger partial charge in [0.25, 0.3) is 0 Å². The van der Waals surface area contributed by atoms with Crippen LogP contribution in [0.4, 0.5) is 5.13 Å². The van der Waals surface area contributed by atoms with E-state index in [0.717, 1.165) is 28.8 Å². The van der Waals surface area contributed by atoms with Gasteiger partial charge in [-0.05, 0) is 12.8 Å². The first kappa shape index (κ1) is 12.4. The van der Waals surface area contributed by atoms with Crippen LogP contribution >= 0.6 is 22.7 Å². The topological polar surface area (TPSA) is 50.7 Å². The highest BCUT2D eigenvalue weighted by Gasteiger charge is 2.07. The molecule has 0 amide bonds. The molecule has 0 aliphatic rings. The van der Waals surface area contributed by atoms with Crippen molar-refractivity contribution in [2.45, 2.75) is 33.7 Å². The number of aromatic nitrogens is 3. The maximum absolute atomic E-state index is 4.22. The third-order valence-electron chi connectivity index (χ3n) is 2.29. The Kier molecular flexibility index (Phi) is 4.06. The van der Waals surface area contributed by atoms with Crippen LogP contribution in [-0.4, -0.2) is 15.2 Å². The largest absolute Gasteiger partial charge is 0.355 e. The van der Waals surface area contributed by atoms with Gasteiger partial charge in [0.1, 0.15) is 5.01 Å². The lowest BCUT2D eigenvalue weighted by atomic mass is 10.1. The van der Waals surface area contributed by atoms with Gasteiger partial charge in [0.15, 0.2) is 0 Å². The second-order valence-electron chi connectivity index (χ2n) is 4.31. The van der Waals surface area contributed by atoms with Gasteiger partial charge >= 0.3 is 0 Å². The lowest BCUT2D eigenvalue weighted by molar-refractivity contribution is 0.640. The van der Waals surface area contributed by atoms with E-state index in [1.54, 1.807) is 22.7 Å². The number of rotatable bonds is 5. The molecule has 0 aromatic carbocycles. The van der Waals surface area contributed by atoms with Crippen LogP contribution in [0.15, 0.2) is 5.51 Å². The zero-order valence-corrected chi connectivity index (χ0v) is 11.9. The summed E-state index contributed by atoms with van der Waals surface area (Å²) in [6.07, 6.45) is 0.999. The highest BCUT2D eigenvalue weighted by Crippen LogP contribution is 2.20. The summed E-state index contributed by atoms with van der Waals surface area (Å²) in [5, 5.41) is 13.6. The minimum atomic E-state index is 0.625. The molecule has 0 atom stereocenters. The normalized spacial score (nSPS) is 11.1. The van der Waals surface area contributed by atoms with Crippen molar-refractivity contribution >= 4 is 27.8 Å². The molecular weight excluding hydrogens is 252 g/mol. The van der Waals surface area contributed by atoms with Crippen LogP contribution in [0, 0.1) is 12.8 Å². The molecule has 92 valence electrons. The summed E-state index contributed by atoms with van der Waals surface area (Å²) < 4.78 is 0. The average Bonchev–Trinajstić information content (AvgIpc) is 2.84. The van der Waals surface area contributed by atoms with E-state index in [0.29, 0.717) is 5.92 Å². The maximum Gasteiger partial charge on any atom is 0.205 e. The molecule has 0 bridgehead atoms. The zero-order chi connectivity index (χ0) is 12.3. The fraction of sp³-hybridized carbons (Fsp3) is 0.545. The zero-order valence-electron chi connectivity index (χ0n) is 10.2. The van der Waals surface area contributed by atoms with Gasteiger partial charge < -0.3 is 5.32 Å². The number of nitrogens with one attached hydrogen (secondary N) is 1. The standard InChI is InChI=1S/C11H16N4S2/c1-7(2)4-10-14-15-11(17-10)12-5-9-8(3)13-6-16-9/h6-7H,4-5H2,1-3H3,(H,12,15). The van der Waals surface area contributed by atoms with Gasteiger partial charge in [0.05, 0.1) is 17.7 Å². The quantitative estimate of drug-likeness (QED) is 0.905. The van der Waals surface area contributed by atoms with Crippen molar-refractivity contribution in [3.8, 4) is 0 Å². The van der Waals surface area contributed by atoms with Gasteiger partial charge in [-0.2, -0.15) is 0 Å². The second-order valence-corrected chi connectivity index (χ2v) is 6.31. The van der Waals surface area contributed by atoms with E-state index in [9.17, 15) is 0 Å². The van der Waals surface area contributed by atoms with Gasteiger partial charge in [-0.15, -0.1) is 21.5 Å². The molecule has 0 saturated heterocycles. The predicted molar refractivity (Wildman–Crippen MR) is 72.6 cm³/mol. The van der Waals surface area contributed by atoms with Crippen LogP contribution in [0.5, 0.6) is 0 Å². The number of aryl methyl sites for hydroxylation is 1. The SMILES string of the molecule is Cc1ncsc1CNc1nnc(CC(C)C)s1. The van der Waals surface area contributed by atoms with Gasteiger partial charge in [0, 0.05) is 11.3 Å². The van der Waals surface area contributed by atoms with Crippen molar-refractivity contribution in [3.63, 3.8) is 0 Å². The average molecular weight is 268 g/mol. The molecule has 0 radical (unpaired) electrons. The van der Waals surface area contributed by atoms with Crippen molar-refractivity contribution in [2.24, 2.45) is 5.92 Å². The second kappa shape index (κ2) is 5.55. The molecule has 1 N–H and O–H groups in total. The first-order valence-corrected chi connectivity index (χ1v) is 7.30. The number of anilines is 1. The van der Waals surface area contributed by atoms with Crippen LogP contribution in [0.25, 0.3) is 0 Å². The van der Waals surface area contributed by atoms with Crippen LogP contribution in [0.2, 0.25) is 0 Å². The van der Waals surface area contributed by atoms with Crippen LogP contribution in [0.1, 0.15) is 29.4 Å². The molecule has 17 heavy (non-hydrogen) atoms. The van der Waals surface area contributed by atoms with Crippen molar-refractivity contribution in [1.29, 1.82) is 0 Å². The first-order chi connectivity index (χ1) is 8.15. The summed E-state index contributed by atoms with van der Waals surface area (Å²) in [6, 6.07) is 0. The Hall–Kier alpha value is -1.01.